The van der Waals surface area contributed by atoms with E-state index in [0.29, 0.717) is 24.4 Å². The number of fused-ring (bicyclic) bond motifs is 1. The first-order valence-electron chi connectivity index (χ1n) is 7.18. The summed E-state index contributed by atoms with van der Waals surface area (Å²) >= 11 is 0. The van der Waals surface area contributed by atoms with E-state index in [1.54, 1.807) is 36.9 Å². The normalized spacial score (nSPS) is 17.5. The average Bonchev–Trinajstić information content (AvgIpc) is 2.48. The van der Waals surface area contributed by atoms with E-state index in [4.69, 9.17) is 4.74 Å². The number of para-hydroxylation sites is 1. The first kappa shape index (κ1) is 15.5. The van der Waals surface area contributed by atoms with Crippen molar-refractivity contribution in [2.24, 2.45) is 0 Å². The number of anilines is 1. The molecule has 1 N–H and O–H groups in total. The number of ether oxygens (including phenoxy) is 1. The third-order valence-electron chi connectivity index (χ3n) is 3.41. The molecule has 0 unspecified atom stereocenters. The van der Waals surface area contributed by atoms with E-state index in [0.717, 1.165) is 0 Å². The van der Waals surface area contributed by atoms with E-state index in [1.807, 2.05) is 19.9 Å². The zero-order chi connectivity index (χ0) is 15.6. The van der Waals surface area contributed by atoms with Crippen molar-refractivity contribution >= 4 is 17.5 Å². The second kappa shape index (κ2) is 5.85. The smallest absolute Gasteiger partial charge is 0.254 e. The highest BCUT2D eigenvalue weighted by atomic mass is 16.5. The van der Waals surface area contributed by atoms with Crippen LogP contribution in [0.15, 0.2) is 24.3 Å². The maximum atomic E-state index is 12.7. The molecule has 2 amide bonds. The Hall–Kier alpha value is -1.88. The summed E-state index contributed by atoms with van der Waals surface area (Å²) < 4.78 is 5.54. The molecule has 0 aromatic heterocycles. The molecule has 21 heavy (non-hydrogen) atoms. The van der Waals surface area contributed by atoms with Gasteiger partial charge in [0, 0.05) is 6.54 Å². The van der Waals surface area contributed by atoms with Gasteiger partial charge in [0.15, 0.2) is 0 Å². The van der Waals surface area contributed by atoms with Gasteiger partial charge in [-0.05, 0) is 39.8 Å². The van der Waals surface area contributed by atoms with Gasteiger partial charge in [-0.1, -0.05) is 12.1 Å². The predicted molar refractivity (Wildman–Crippen MR) is 81.4 cm³/mol. The van der Waals surface area contributed by atoms with E-state index in [2.05, 4.69) is 5.32 Å². The van der Waals surface area contributed by atoms with Gasteiger partial charge in [0.25, 0.3) is 11.8 Å². The van der Waals surface area contributed by atoms with Gasteiger partial charge in [-0.25, -0.2) is 0 Å². The Labute approximate surface area is 125 Å². The molecule has 0 saturated carbocycles. The maximum Gasteiger partial charge on any atom is 0.254 e. The number of hydrogen-bond donors (Lipinski definition) is 1. The van der Waals surface area contributed by atoms with Crippen molar-refractivity contribution < 1.29 is 14.3 Å². The van der Waals surface area contributed by atoms with Crippen molar-refractivity contribution in [2.45, 2.75) is 39.3 Å². The molecule has 5 nitrogen and oxygen atoms in total. The lowest BCUT2D eigenvalue weighted by molar-refractivity contribution is -0.123. The minimum Gasteiger partial charge on any atom is -0.377 e. The molecule has 0 fully saturated rings. The lowest BCUT2D eigenvalue weighted by Gasteiger charge is -2.29. The summed E-state index contributed by atoms with van der Waals surface area (Å²) in [5.74, 6) is -0.357. The first-order chi connectivity index (χ1) is 9.83. The second-order valence-electron chi connectivity index (χ2n) is 5.97. The number of carbonyl (C=O) groups excluding carboxylic acids is 2. The van der Waals surface area contributed by atoms with Crippen LogP contribution in [0.2, 0.25) is 0 Å². The van der Waals surface area contributed by atoms with Crippen LogP contribution in [-0.2, 0) is 9.53 Å². The largest absolute Gasteiger partial charge is 0.377 e. The Bertz CT molecular complexity index is 552. The minimum absolute atomic E-state index is 0.107. The highest BCUT2D eigenvalue weighted by molar-refractivity contribution is 6.12. The van der Waals surface area contributed by atoms with Crippen molar-refractivity contribution in [1.29, 1.82) is 0 Å². The fourth-order valence-electron chi connectivity index (χ4n) is 2.35. The zero-order valence-corrected chi connectivity index (χ0v) is 13.0. The Morgan fingerprint density at radius 2 is 1.90 bits per heavy atom. The lowest BCUT2D eigenvalue weighted by Crippen LogP contribution is -2.54. The van der Waals surface area contributed by atoms with Gasteiger partial charge < -0.3 is 15.0 Å². The maximum absolute atomic E-state index is 12.7. The Balaban J connectivity index is 2.35. The van der Waals surface area contributed by atoms with E-state index >= 15 is 0 Å². The SMILES string of the molecule is CC(C)OCCN1C(=O)C(C)(C)NC(=O)c2ccccc21. The molecular weight excluding hydrogens is 268 g/mol. The summed E-state index contributed by atoms with van der Waals surface area (Å²) in [5.41, 5.74) is 0.215. The van der Waals surface area contributed by atoms with Gasteiger partial charge in [-0.2, -0.15) is 0 Å². The Morgan fingerprint density at radius 1 is 1.24 bits per heavy atom. The summed E-state index contributed by atoms with van der Waals surface area (Å²) in [7, 11) is 0. The fraction of sp³-hybridized carbons (Fsp3) is 0.500. The average molecular weight is 290 g/mol. The fourth-order valence-corrected chi connectivity index (χ4v) is 2.35. The van der Waals surface area contributed by atoms with Crippen LogP contribution in [0.4, 0.5) is 5.69 Å². The molecule has 1 aliphatic heterocycles. The van der Waals surface area contributed by atoms with Gasteiger partial charge in [0.05, 0.1) is 24.0 Å². The van der Waals surface area contributed by atoms with Crippen LogP contribution in [0, 0.1) is 0 Å². The van der Waals surface area contributed by atoms with Crippen LogP contribution in [0.3, 0.4) is 0 Å². The number of nitrogens with one attached hydrogen (secondary N) is 1. The monoisotopic (exact) mass is 290 g/mol. The van der Waals surface area contributed by atoms with Crippen LogP contribution in [-0.4, -0.2) is 36.6 Å². The molecule has 0 bridgehead atoms. The van der Waals surface area contributed by atoms with Gasteiger partial charge in [-0.3, -0.25) is 9.59 Å². The number of amides is 2. The molecule has 0 spiro atoms. The van der Waals surface area contributed by atoms with Crippen molar-refractivity contribution in [2.75, 3.05) is 18.1 Å². The summed E-state index contributed by atoms with van der Waals surface area (Å²) in [5, 5.41) is 2.78. The first-order valence-corrected chi connectivity index (χ1v) is 7.18. The molecule has 0 aliphatic carbocycles. The van der Waals surface area contributed by atoms with Crippen LogP contribution in [0.1, 0.15) is 38.1 Å². The van der Waals surface area contributed by atoms with Gasteiger partial charge in [0.2, 0.25) is 0 Å². The van der Waals surface area contributed by atoms with Gasteiger partial charge in [0.1, 0.15) is 5.54 Å². The van der Waals surface area contributed by atoms with Crippen molar-refractivity contribution in [3.05, 3.63) is 29.8 Å². The van der Waals surface area contributed by atoms with Gasteiger partial charge >= 0.3 is 0 Å². The van der Waals surface area contributed by atoms with E-state index in [-0.39, 0.29) is 17.9 Å². The number of benzene rings is 1. The third-order valence-corrected chi connectivity index (χ3v) is 3.41. The topological polar surface area (TPSA) is 58.6 Å². The highest BCUT2D eigenvalue weighted by Gasteiger charge is 2.39. The highest BCUT2D eigenvalue weighted by Crippen LogP contribution is 2.27. The standard InChI is InChI=1S/C16H22N2O3/c1-11(2)21-10-9-18-13-8-6-5-7-12(13)14(19)17-16(3,4)15(18)20/h5-8,11H,9-10H2,1-4H3,(H,17,19). The Kier molecular flexibility index (Phi) is 4.32. The van der Waals surface area contributed by atoms with E-state index < -0.39 is 5.54 Å². The Morgan fingerprint density at radius 3 is 2.57 bits per heavy atom. The molecule has 1 aromatic carbocycles. The molecule has 114 valence electrons. The van der Waals surface area contributed by atoms with E-state index in [9.17, 15) is 9.59 Å². The lowest BCUT2D eigenvalue weighted by atomic mass is 10.0. The minimum atomic E-state index is -0.937. The van der Waals surface area contributed by atoms with Crippen molar-refractivity contribution in [1.82, 2.24) is 5.32 Å². The zero-order valence-electron chi connectivity index (χ0n) is 13.0. The van der Waals surface area contributed by atoms with E-state index in [1.165, 1.54) is 0 Å². The molecule has 5 heteroatoms. The number of rotatable bonds is 4. The van der Waals surface area contributed by atoms with Crippen molar-refractivity contribution in [3.8, 4) is 0 Å². The third kappa shape index (κ3) is 3.24. The molecule has 0 atom stereocenters. The molecule has 1 heterocycles. The summed E-state index contributed by atoms with van der Waals surface area (Å²) in [6.45, 7) is 8.19. The van der Waals surface area contributed by atoms with Crippen LogP contribution >= 0.6 is 0 Å². The van der Waals surface area contributed by atoms with Crippen LogP contribution < -0.4 is 10.2 Å². The quantitative estimate of drug-likeness (QED) is 0.922. The summed E-state index contributed by atoms with van der Waals surface area (Å²) in [6.07, 6.45) is 0.107. The molecule has 0 radical (unpaired) electrons. The molecule has 1 aromatic rings. The molecule has 2 rings (SSSR count). The number of hydrogen-bond acceptors (Lipinski definition) is 3. The molecular formula is C16H22N2O3. The summed E-state index contributed by atoms with van der Waals surface area (Å²) in [4.78, 5) is 26.6. The van der Waals surface area contributed by atoms with Crippen LogP contribution in [0.5, 0.6) is 0 Å². The molecule has 1 aliphatic rings. The number of nitrogens with zero attached hydrogens (tertiary/aromatic N) is 1. The summed E-state index contributed by atoms with van der Waals surface area (Å²) in [6, 6.07) is 7.15. The van der Waals surface area contributed by atoms with Crippen molar-refractivity contribution in [3.63, 3.8) is 0 Å². The molecule has 0 saturated heterocycles. The van der Waals surface area contributed by atoms with Gasteiger partial charge in [-0.15, -0.1) is 0 Å². The predicted octanol–water partition coefficient (Wildman–Crippen LogP) is 1.97. The van der Waals surface area contributed by atoms with Crippen LogP contribution in [0.25, 0.3) is 0 Å². The number of carbonyl (C=O) groups is 2. The second-order valence-corrected chi connectivity index (χ2v) is 5.97.